The molecule has 2 aliphatic heterocycles. The Bertz CT molecular complexity index is 3180. The Morgan fingerprint density at radius 1 is 0.437 bits per heavy atom. The first-order valence-corrected chi connectivity index (χ1v) is 23.6. The van der Waals surface area contributed by atoms with Gasteiger partial charge in [0.05, 0.1) is 49.5 Å². The molecule has 2 aromatic carbocycles. The minimum absolute atomic E-state index is 0.0793. The third-order valence-electron chi connectivity index (χ3n) is 12.8. The number of anilines is 4. The fourth-order valence-corrected chi connectivity index (χ4v) is 9.29. The standard InChI is InChI=1S/C52H46N16O3/c1-3-9-35(10-4-1)29-43-61-63-51(70-43)47-39(45-37(13-7-15-57-45)49(59-47)67-25-21-65(22-26-67)41-31-53-17-19-55-41)33-69-34-40-46-38(14-8-16-58-46)50(68-27-23-66(24-28-68)42-32-54-18-20-56-42)60-48(40)52-64-62-44(71-52)30-36-11-5-2-6-12-36/h1-20,31-32H,21-30,33-34H2. The lowest BCUT2D eigenvalue weighted by Crippen LogP contribution is -2.47. The first kappa shape index (κ1) is 43.4. The van der Waals surface area contributed by atoms with E-state index in [-0.39, 0.29) is 25.0 Å². The van der Waals surface area contributed by atoms with E-state index < -0.39 is 0 Å². The summed E-state index contributed by atoms with van der Waals surface area (Å²) in [6, 6.07) is 28.1. The Kier molecular flexibility index (Phi) is 12.0. The van der Waals surface area contributed by atoms with Crippen molar-refractivity contribution < 1.29 is 13.6 Å². The summed E-state index contributed by atoms with van der Waals surface area (Å²) in [4.78, 5) is 47.4. The Morgan fingerprint density at radius 3 is 1.30 bits per heavy atom. The van der Waals surface area contributed by atoms with Crippen LogP contribution in [0, 0.1) is 0 Å². The summed E-state index contributed by atoms with van der Waals surface area (Å²) in [7, 11) is 0. The highest BCUT2D eigenvalue weighted by atomic mass is 16.5. The van der Waals surface area contributed by atoms with E-state index in [9.17, 15) is 0 Å². The maximum absolute atomic E-state index is 6.84. The minimum atomic E-state index is 0.0793. The number of fused-ring (bicyclic) bond motifs is 2. The molecule has 71 heavy (non-hydrogen) atoms. The SMILES string of the molecule is c1ccc(Cc2nnc(-c3nc(N4CCN(c5cnccn5)CC4)c4cccnc4c3COCc3c(-c4nnc(Cc5ccccc5)o4)nc(N4CCN(c5cnccn5)CC4)c4cccnc34)o2)cc1. The maximum atomic E-state index is 6.84. The fourth-order valence-electron chi connectivity index (χ4n) is 9.29. The van der Waals surface area contributed by atoms with Gasteiger partial charge in [0.1, 0.15) is 34.7 Å². The van der Waals surface area contributed by atoms with Crippen molar-refractivity contribution >= 4 is 45.1 Å². The van der Waals surface area contributed by atoms with E-state index in [4.69, 9.17) is 33.5 Å². The van der Waals surface area contributed by atoms with Crippen LogP contribution in [0.1, 0.15) is 34.0 Å². The van der Waals surface area contributed by atoms with Gasteiger partial charge in [0.15, 0.2) is 0 Å². The van der Waals surface area contributed by atoms with Gasteiger partial charge in [-0.2, -0.15) is 0 Å². The predicted octanol–water partition coefficient (Wildman–Crippen LogP) is 6.80. The zero-order valence-electron chi connectivity index (χ0n) is 38.6. The van der Waals surface area contributed by atoms with Crippen molar-refractivity contribution in [2.75, 3.05) is 72.0 Å². The van der Waals surface area contributed by atoms with Crippen molar-refractivity contribution in [3.05, 3.63) is 169 Å². The summed E-state index contributed by atoms with van der Waals surface area (Å²) in [6.07, 6.45) is 14.9. The first-order chi connectivity index (χ1) is 35.2. The van der Waals surface area contributed by atoms with Crippen molar-refractivity contribution in [1.82, 2.24) is 60.3 Å². The molecule has 2 aliphatic rings. The van der Waals surface area contributed by atoms with E-state index in [1.165, 1.54) is 0 Å². The van der Waals surface area contributed by atoms with Crippen molar-refractivity contribution in [3.63, 3.8) is 0 Å². The van der Waals surface area contributed by atoms with Gasteiger partial charge in [-0.1, -0.05) is 60.7 Å². The van der Waals surface area contributed by atoms with Crippen LogP contribution in [-0.4, -0.2) is 113 Å². The smallest absolute Gasteiger partial charge is 0.266 e. The van der Waals surface area contributed by atoms with E-state index in [0.717, 1.165) is 71.3 Å². The van der Waals surface area contributed by atoms with E-state index in [1.54, 1.807) is 49.6 Å². The molecule has 0 unspecified atom stereocenters. The summed E-state index contributed by atoms with van der Waals surface area (Å²) in [6.45, 7) is 5.85. The second-order valence-electron chi connectivity index (χ2n) is 17.2. The summed E-state index contributed by atoms with van der Waals surface area (Å²) in [5, 5.41) is 19.9. The number of rotatable bonds is 14. The van der Waals surface area contributed by atoms with Crippen molar-refractivity contribution in [2.45, 2.75) is 26.1 Å². The molecule has 2 fully saturated rings. The number of ether oxygens (including phenoxy) is 1. The van der Waals surface area contributed by atoms with E-state index in [2.05, 4.69) is 72.1 Å². The molecular weight excluding hydrogens is 897 g/mol. The molecular formula is C52H46N16O3. The number of pyridine rings is 4. The second-order valence-corrected chi connectivity index (χ2v) is 17.2. The topological polar surface area (TPSA) is 203 Å². The molecule has 0 aliphatic carbocycles. The normalized spacial score (nSPS) is 14.2. The quantitative estimate of drug-likeness (QED) is 0.110. The summed E-state index contributed by atoms with van der Waals surface area (Å²) in [5.74, 6) is 4.71. The van der Waals surface area contributed by atoms with Gasteiger partial charge in [-0.05, 0) is 35.4 Å². The molecule has 0 bridgehead atoms. The zero-order valence-corrected chi connectivity index (χ0v) is 38.6. The van der Waals surface area contributed by atoms with Gasteiger partial charge in [-0.25, -0.2) is 19.9 Å². The highest BCUT2D eigenvalue weighted by molar-refractivity contribution is 5.96. The van der Waals surface area contributed by atoms with E-state index >= 15 is 0 Å². The van der Waals surface area contributed by atoms with Gasteiger partial charge in [0.2, 0.25) is 11.8 Å². The van der Waals surface area contributed by atoms with Gasteiger partial charge >= 0.3 is 0 Å². The molecule has 2 saturated heterocycles. The number of nitrogens with zero attached hydrogens (tertiary/aromatic N) is 16. The lowest BCUT2D eigenvalue weighted by atomic mass is 10.1. The highest BCUT2D eigenvalue weighted by Crippen LogP contribution is 2.37. The Morgan fingerprint density at radius 2 is 0.873 bits per heavy atom. The number of hydrogen-bond acceptors (Lipinski definition) is 19. The first-order valence-electron chi connectivity index (χ1n) is 23.6. The van der Waals surface area contributed by atoms with Crippen LogP contribution in [-0.2, 0) is 30.8 Å². The third-order valence-corrected chi connectivity index (χ3v) is 12.8. The van der Waals surface area contributed by atoms with Crippen LogP contribution in [0.3, 0.4) is 0 Å². The second kappa shape index (κ2) is 19.6. The van der Waals surface area contributed by atoms with Gasteiger partial charge in [-0.3, -0.25) is 19.9 Å². The molecule has 0 spiro atoms. The lowest BCUT2D eigenvalue weighted by molar-refractivity contribution is 0.108. The number of piperazine rings is 2. The van der Waals surface area contributed by atoms with Gasteiger partial charge in [0, 0.05) is 111 Å². The molecule has 0 saturated carbocycles. The molecule has 0 N–H and O–H groups in total. The molecule has 12 rings (SSSR count). The van der Waals surface area contributed by atoms with Crippen LogP contribution in [0.15, 0.2) is 143 Å². The predicted molar refractivity (Wildman–Crippen MR) is 266 cm³/mol. The molecule has 0 radical (unpaired) electrons. The van der Waals surface area contributed by atoms with E-state index in [1.807, 2.05) is 72.8 Å². The molecule has 8 aromatic heterocycles. The molecule has 10 heterocycles. The Hall–Kier alpha value is -8.84. The monoisotopic (exact) mass is 942 g/mol. The van der Waals surface area contributed by atoms with Crippen LogP contribution in [0.2, 0.25) is 0 Å². The zero-order chi connectivity index (χ0) is 47.3. The summed E-state index contributed by atoms with van der Waals surface area (Å²) < 4.78 is 19.8. The van der Waals surface area contributed by atoms with Gasteiger partial charge < -0.3 is 33.2 Å². The van der Waals surface area contributed by atoms with Crippen LogP contribution < -0.4 is 19.6 Å². The molecule has 0 amide bonds. The average Bonchev–Trinajstić information content (AvgIpc) is 4.12. The number of aromatic nitrogens is 12. The Labute approximate surface area is 407 Å². The minimum Gasteiger partial charge on any atom is -0.419 e. The molecule has 19 nitrogen and oxygen atoms in total. The summed E-state index contributed by atoms with van der Waals surface area (Å²) >= 11 is 0. The van der Waals surface area contributed by atoms with E-state index in [0.29, 0.717) is 84.4 Å². The molecule has 352 valence electrons. The largest absolute Gasteiger partial charge is 0.419 e. The molecule has 0 atom stereocenters. The van der Waals surface area contributed by atoms with Crippen molar-refractivity contribution in [3.8, 4) is 23.2 Å². The van der Waals surface area contributed by atoms with Gasteiger partial charge in [-0.15, -0.1) is 20.4 Å². The average molecular weight is 943 g/mol. The number of benzene rings is 2. The van der Waals surface area contributed by atoms with Crippen molar-refractivity contribution in [2.24, 2.45) is 0 Å². The lowest BCUT2D eigenvalue weighted by Gasteiger charge is -2.36. The maximum Gasteiger partial charge on any atom is 0.266 e. The van der Waals surface area contributed by atoms with Crippen LogP contribution in [0.25, 0.3) is 45.0 Å². The number of hydrogen-bond donors (Lipinski definition) is 0. The van der Waals surface area contributed by atoms with Crippen LogP contribution in [0.4, 0.5) is 23.3 Å². The third kappa shape index (κ3) is 9.13. The summed E-state index contributed by atoms with van der Waals surface area (Å²) in [5.41, 5.74) is 5.92. The van der Waals surface area contributed by atoms with Gasteiger partial charge in [0.25, 0.3) is 11.8 Å². The van der Waals surface area contributed by atoms with Crippen LogP contribution in [0.5, 0.6) is 0 Å². The van der Waals surface area contributed by atoms with Crippen molar-refractivity contribution in [1.29, 1.82) is 0 Å². The fraction of sp³-hybridized carbons (Fsp3) is 0.231. The Balaban J connectivity index is 0.904. The molecule has 19 heteroatoms. The molecule has 10 aromatic rings. The van der Waals surface area contributed by atoms with Crippen LogP contribution >= 0.6 is 0 Å². The highest BCUT2D eigenvalue weighted by Gasteiger charge is 2.29.